The highest BCUT2D eigenvalue weighted by molar-refractivity contribution is 6.04. The Morgan fingerprint density at radius 2 is 1.58 bits per heavy atom. The third-order valence-corrected chi connectivity index (χ3v) is 4.02. The molecule has 36 heavy (non-hydrogen) atoms. The van der Waals surface area contributed by atoms with E-state index in [0.717, 1.165) is 5.56 Å². The summed E-state index contributed by atoms with van der Waals surface area (Å²) < 4.78 is 36.8. The number of hydrogen-bond donors (Lipinski definition) is 5. The first-order valence-electron chi connectivity index (χ1n) is 9.83. The van der Waals surface area contributed by atoms with Gasteiger partial charge in [0.25, 0.3) is 5.91 Å². The molecule has 7 N–H and O–H groups in total. The Hall–Kier alpha value is -4.95. The van der Waals surface area contributed by atoms with Crippen molar-refractivity contribution in [3.63, 3.8) is 0 Å². The van der Waals surface area contributed by atoms with Gasteiger partial charge in [-0.1, -0.05) is 12.1 Å². The van der Waals surface area contributed by atoms with Crippen LogP contribution in [0.4, 0.5) is 24.5 Å². The lowest BCUT2D eigenvalue weighted by molar-refractivity contribution is -0.192. The van der Waals surface area contributed by atoms with Gasteiger partial charge in [-0.3, -0.25) is 9.59 Å². The lowest BCUT2D eigenvalue weighted by Gasteiger charge is -2.07. The number of halogens is 3. The smallest absolute Gasteiger partial charge is 0.475 e. The van der Waals surface area contributed by atoms with Gasteiger partial charge in [0.15, 0.2) is 5.96 Å². The predicted molar refractivity (Wildman–Crippen MR) is 120 cm³/mol. The SMILES string of the molecule is Cc1nnc(C(=O)NCc2ccc(NC(=O)c3ccc(N=C(N)N)cc3)cc2)o1.O=C(O)C(F)(F)F. The fraction of sp³-hybridized carbons (Fsp3) is 0.143. The lowest BCUT2D eigenvalue weighted by atomic mass is 10.1. The summed E-state index contributed by atoms with van der Waals surface area (Å²) in [5.74, 6) is -3.29. The number of benzene rings is 2. The molecule has 190 valence electrons. The standard InChI is InChI=1S/C19H19N7O3.C2HF3O2/c1-11-25-26-18(29-11)17(28)22-10-12-2-6-14(7-3-12)23-16(27)13-4-8-15(9-5-13)24-19(20)21;3-2(4,5)1(6)7/h2-9H,10H2,1H3,(H,22,28)(H,23,27)(H4,20,21,24);(H,6,7). The number of nitrogens with one attached hydrogen (secondary N) is 2. The summed E-state index contributed by atoms with van der Waals surface area (Å²) in [6, 6.07) is 13.6. The molecule has 12 nitrogen and oxygen atoms in total. The number of aromatic nitrogens is 2. The molecule has 0 fully saturated rings. The Morgan fingerprint density at radius 1 is 1.00 bits per heavy atom. The van der Waals surface area contributed by atoms with Gasteiger partial charge in [0, 0.05) is 24.7 Å². The Kier molecular flexibility index (Phi) is 9.07. The van der Waals surface area contributed by atoms with Gasteiger partial charge in [0.2, 0.25) is 5.89 Å². The van der Waals surface area contributed by atoms with E-state index in [-0.39, 0.29) is 24.3 Å². The normalized spacial score (nSPS) is 10.4. The molecule has 1 aromatic heterocycles. The molecule has 1 heterocycles. The predicted octanol–water partition coefficient (Wildman–Crippen LogP) is 2.10. The first kappa shape index (κ1) is 27.3. The summed E-state index contributed by atoms with van der Waals surface area (Å²) in [4.78, 5) is 37.0. The zero-order chi connectivity index (χ0) is 26.9. The van der Waals surface area contributed by atoms with E-state index >= 15 is 0 Å². The Balaban J connectivity index is 0.000000572. The number of carboxylic acid groups (broad SMARTS) is 1. The van der Waals surface area contributed by atoms with Gasteiger partial charge in [0.05, 0.1) is 5.69 Å². The number of aliphatic imine (C=N–C) groups is 1. The van der Waals surface area contributed by atoms with Crippen LogP contribution in [0.15, 0.2) is 57.9 Å². The molecule has 0 aliphatic heterocycles. The minimum Gasteiger partial charge on any atom is -0.475 e. The highest BCUT2D eigenvalue weighted by Gasteiger charge is 2.38. The average Bonchev–Trinajstić information content (AvgIpc) is 3.24. The number of aryl methyl sites for hydroxylation is 1. The quantitative estimate of drug-likeness (QED) is 0.245. The van der Waals surface area contributed by atoms with Crippen LogP contribution in [-0.4, -0.2) is 45.2 Å². The molecule has 0 aliphatic rings. The summed E-state index contributed by atoms with van der Waals surface area (Å²) in [6.07, 6.45) is -5.08. The molecule has 15 heteroatoms. The minimum absolute atomic E-state index is 0.0503. The fourth-order valence-electron chi connectivity index (χ4n) is 2.39. The van der Waals surface area contributed by atoms with Crippen molar-refractivity contribution >= 4 is 35.1 Å². The number of nitrogens with zero attached hydrogens (tertiary/aromatic N) is 3. The zero-order valence-corrected chi connectivity index (χ0v) is 18.5. The second kappa shape index (κ2) is 12.0. The zero-order valence-electron chi connectivity index (χ0n) is 18.5. The van der Waals surface area contributed by atoms with Crippen LogP contribution in [0.2, 0.25) is 0 Å². The van der Waals surface area contributed by atoms with E-state index in [1.807, 2.05) is 0 Å². The van der Waals surface area contributed by atoms with Crippen LogP contribution >= 0.6 is 0 Å². The first-order valence-corrected chi connectivity index (χ1v) is 9.83. The van der Waals surface area contributed by atoms with E-state index in [1.54, 1.807) is 55.5 Å². The second-order valence-corrected chi connectivity index (χ2v) is 6.85. The number of hydrogen-bond acceptors (Lipinski definition) is 7. The topological polar surface area (TPSA) is 199 Å². The molecule has 2 aromatic carbocycles. The van der Waals surface area contributed by atoms with Crippen LogP contribution < -0.4 is 22.1 Å². The summed E-state index contributed by atoms with van der Waals surface area (Å²) in [7, 11) is 0. The number of aliphatic carboxylic acids is 1. The monoisotopic (exact) mass is 507 g/mol. The molecule has 2 amide bonds. The molecule has 0 aliphatic carbocycles. The van der Waals surface area contributed by atoms with E-state index in [0.29, 0.717) is 22.8 Å². The third kappa shape index (κ3) is 8.77. The maximum absolute atomic E-state index is 12.3. The number of guanidine groups is 1. The number of carboxylic acids is 1. The number of amides is 2. The third-order valence-electron chi connectivity index (χ3n) is 4.02. The van der Waals surface area contributed by atoms with Crippen LogP contribution in [0, 0.1) is 6.92 Å². The number of nitrogens with two attached hydrogens (primary N) is 2. The molecule has 0 spiro atoms. The van der Waals surface area contributed by atoms with Crippen LogP contribution in [0.5, 0.6) is 0 Å². The van der Waals surface area contributed by atoms with Crippen LogP contribution in [0.25, 0.3) is 0 Å². The lowest BCUT2D eigenvalue weighted by Crippen LogP contribution is -2.23. The van der Waals surface area contributed by atoms with E-state index in [4.69, 9.17) is 25.8 Å². The van der Waals surface area contributed by atoms with Gasteiger partial charge in [-0.05, 0) is 42.0 Å². The molecule has 0 radical (unpaired) electrons. The molecular formula is C21H20F3N7O5. The number of alkyl halides is 3. The summed E-state index contributed by atoms with van der Waals surface area (Å²) in [6.45, 7) is 1.88. The largest absolute Gasteiger partial charge is 0.490 e. The van der Waals surface area contributed by atoms with Crippen molar-refractivity contribution in [2.45, 2.75) is 19.6 Å². The Morgan fingerprint density at radius 3 is 2.06 bits per heavy atom. The molecule has 0 saturated heterocycles. The molecular weight excluding hydrogens is 487 g/mol. The minimum atomic E-state index is -5.08. The van der Waals surface area contributed by atoms with E-state index in [9.17, 15) is 22.8 Å². The van der Waals surface area contributed by atoms with Gasteiger partial charge < -0.3 is 31.6 Å². The van der Waals surface area contributed by atoms with E-state index in [2.05, 4.69) is 25.8 Å². The fourth-order valence-corrected chi connectivity index (χ4v) is 2.39. The molecule has 3 aromatic rings. The summed E-state index contributed by atoms with van der Waals surface area (Å²) in [5, 5.41) is 19.9. The van der Waals surface area contributed by atoms with Gasteiger partial charge >= 0.3 is 23.9 Å². The van der Waals surface area contributed by atoms with Gasteiger partial charge in [-0.2, -0.15) is 13.2 Å². The molecule has 0 bridgehead atoms. The van der Waals surface area contributed by atoms with Crippen LogP contribution in [0.1, 0.15) is 32.5 Å². The van der Waals surface area contributed by atoms with Crippen molar-refractivity contribution in [1.29, 1.82) is 0 Å². The first-order chi connectivity index (χ1) is 16.8. The average molecular weight is 507 g/mol. The van der Waals surface area contributed by atoms with Gasteiger partial charge in [-0.25, -0.2) is 9.79 Å². The van der Waals surface area contributed by atoms with Crippen molar-refractivity contribution in [2.75, 3.05) is 5.32 Å². The highest BCUT2D eigenvalue weighted by atomic mass is 19.4. The second-order valence-electron chi connectivity index (χ2n) is 6.85. The van der Waals surface area contributed by atoms with Crippen molar-refractivity contribution in [3.05, 3.63) is 71.4 Å². The van der Waals surface area contributed by atoms with Crippen molar-refractivity contribution in [3.8, 4) is 0 Å². The van der Waals surface area contributed by atoms with Crippen molar-refractivity contribution < 1.29 is 37.1 Å². The van der Waals surface area contributed by atoms with Crippen LogP contribution in [-0.2, 0) is 11.3 Å². The maximum atomic E-state index is 12.3. The molecule has 3 rings (SSSR count). The summed E-state index contributed by atoms with van der Waals surface area (Å²) in [5.41, 5.74) is 13.1. The maximum Gasteiger partial charge on any atom is 0.490 e. The van der Waals surface area contributed by atoms with E-state index in [1.165, 1.54) is 0 Å². The molecule has 0 unspecified atom stereocenters. The Bertz CT molecular complexity index is 1240. The molecule has 0 saturated carbocycles. The van der Waals surface area contributed by atoms with Gasteiger partial charge in [0.1, 0.15) is 0 Å². The van der Waals surface area contributed by atoms with Crippen LogP contribution in [0.3, 0.4) is 0 Å². The number of anilines is 1. The number of carbonyl (C=O) groups is 3. The number of carbonyl (C=O) groups excluding carboxylic acids is 2. The number of rotatable bonds is 6. The van der Waals surface area contributed by atoms with Crippen molar-refractivity contribution in [1.82, 2.24) is 15.5 Å². The Labute approximate surface area is 201 Å². The van der Waals surface area contributed by atoms with E-state index < -0.39 is 18.1 Å². The molecule has 0 atom stereocenters. The van der Waals surface area contributed by atoms with Crippen molar-refractivity contribution in [2.24, 2.45) is 16.5 Å². The highest BCUT2D eigenvalue weighted by Crippen LogP contribution is 2.16. The summed E-state index contributed by atoms with van der Waals surface area (Å²) >= 11 is 0. The van der Waals surface area contributed by atoms with Gasteiger partial charge in [-0.15, -0.1) is 10.2 Å².